The smallest absolute Gasteiger partial charge is 0.0367 e. The first kappa shape index (κ1) is 10.3. The molecule has 1 aromatic rings. The molecule has 13 heavy (non-hydrogen) atoms. The Morgan fingerprint density at radius 2 is 1.92 bits per heavy atom. The lowest BCUT2D eigenvalue weighted by Gasteiger charge is -2.22. The third-order valence-electron chi connectivity index (χ3n) is 2.01. The maximum absolute atomic E-state index is 5.61. The highest BCUT2D eigenvalue weighted by molar-refractivity contribution is 7.80. The molecule has 0 aliphatic carbocycles. The van der Waals surface area contributed by atoms with Crippen molar-refractivity contribution in [2.24, 2.45) is 0 Å². The van der Waals surface area contributed by atoms with E-state index in [2.05, 4.69) is 24.5 Å². The fourth-order valence-corrected chi connectivity index (χ4v) is 1.52. The molecule has 0 unspecified atom stereocenters. The Labute approximate surface area is 85.1 Å². The van der Waals surface area contributed by atoms with Crippen LogP contribution in [0.1, 0.15) is 6.92 Å². The molecule has 0 bridgehead atoms. The van der Waals surface area contributed by atoms with Crippen molar-refractivity contribution in [3.63, 3.8) is 0 Å². The average molecular weight is 196 g/mol. The largest absolute Gasteiger partial charge is 0.399 e. The van der Waals surface area contributed by atoms with E-state index in [0.29, 0.717) is 0 Å². The molecule has 1 aromatic carbocycles. The van der Waals surface area contributed by atoms with Gasteiger partial charge in [-0.1, -0.05) is 0 Å². The summed E-state index contributed by atoms with van der Waals surface area (Å²) >= 11 is 4.22. The highest BCUT2D eigenvalue weighted by Crippen LogP contribution is 2.15. The van der Waals surface area contributed by atoms with E-state index in [0.717, 1.165) is 24.5 Å². The van der Waals surface area contributed by atoms with Crippen molar-refractivity contribution in [1.29, 1.82) is 0 Å². The van der Waals surface area contributed by atoms with Gasteiger partial charge in [0.05, 0.1) is 0 Å². The number of nitrogens with two attached hydrogens (primary N) is 1. The van der Waals surface area contributed by atoms with Crippen LogP contribution in [0.5, 0.6) is 0 Å². The van der Waals surface area contributed by atoms with Gasteiger partial charge in [0.2, 0.25) is 0 Å². The number of nitrogens with zero attached hydrogens (tertiary/aromatic N) is 1. The van der Waals surface area contributed by atoms with Gasteiger partial charge in [0.15, 0.2) is 0 Å². The van der Waals surface area contributed by atoms with Gasteiger partial charge < -0.3 is 10.6 Å². The topological polar surface area (TPSA) is 29.3 Å². The molecule has 0 saturated carbocycles. The molecule has 0 radical (unpaired) electrons. The van der Waals surface area contributed by atoms with Crippen LogP contribution in [0.2, 0.25) is 0 Å². The lowest BCUT2D eigenvalue weighted by atomic mass is 10.2. The van der Waals surface area contributed by atoms with Gasteiger partial charge in [-0.3, -0.25) is 0 Å². The SMILES string of the molecule is CCN(CCS)c1ccc(N)cc1. The maximum atomic E-state index is 5.61. The molecule has 0 fully saturated rings. The van der Waals surface area contributed by atoms with Gasteiger partial charge in [-0.2, -0.15) is 12.6 Å². The van der Waals surface area contributed by atoms with Crippen molar-refractivity contribution in [1.82, 2.24) is 0 Å². The van der Waals surface area contributed by atoms with Gasteiger partial charge in [0.25, 0.3) is 0 Å². The first-order valence-corrected chi connectivity index (χ1v) is 5.12. The quantitative estimate of drug-likeness (QED) is 0.570. The molecule has 0 heterocycles. The van der Waals surface area contributed by atoms with Gasteiger partial charge in [-0.15, -0.1) is 0 Å². The molecule has 2 nitrogen and oxygen atoms in total. The van der Waals surface area contributed by atoms with Crippen LogP contribution in [0.4, 0.5) is 11.4 Å². The fourth-order valence-electron chi connectivity index (χ4n) is 1.28. The summed E-state index contributed by atoms with van der Waals surface area (Å²) in [6.45, 7) is 4.12. The number of anilines is 2. The second kappa shape index (κ2) is 5.02. The van der Waals surface area contributed by atoms with Crippen molar-refractivity contribution in [2.75, 3.05) is 29.5 Å². The van der Waals surface area contributed by atoms with Crippen LogP contribution in [0.3, 0.4) is 0 Å². The molecule has 0 saturated heterocycles. The zero-order chi connectivity index (χ0) is 9.68. The highest BCUT2D eigenvalue weighted by Gasteiger charge is 2.01. The molecule has 2 N–H and O–H groups in total. The predicted octanol–water partition coefficient (Wildman–Crippen LogP) is 2.02. The average Bonchev–Trinajstić information content (AvgIpc) is 2.16. The van der Waals surface area contributed by atoms with E-state index in [1.165, 1.54) is 5.69 Å². The molecule has 0 aliphatic heterocycles. The van der Waals surface area contributed by atoms with Gasteiger partial charge in [-0.05, 0) is 31.2 Å². The van der Waals surface area contributed by atoms with Crippen LogP contribution >= 0.6 is 12.6 Å². The van der Waals surface area contributed by atoms with Gasteiger partial charge in [0, 0.05) is 30.2 Å². The summed E-state index contributed by atoms with van der Waals surface area (Å²) in [5.41, 5.74) is 7.63. The van der Waals surface area contributed by atoms with Gasteiger partial charge in [-0.25, -0.2) is 0 Å². The minimum absolute atomic E-state index is 0.811. The van der Waals surface area contributed by atoms with E-state index in [1.807, 2.05) is 24.3 Å². The van der Waals surface area contributed by atoms with E-state index < -0.39 is 0 Å². The third kappa shape index (κ3) is 2.84. The predicted molar refractivity (Wildman–Crippen MR) is 62.6 cm³/mol. The second-order valence-electron chi connectivity index (χ2n) is 2.89. The molecule has 0 spiro atoms. The second-order valence-corrected chi connectivity index (χ2v) is 3.34. The molecular weight excluding hydrogens is 180 g/mol. The van der Waals surface area contributed by atoms with Crippen LogP contribution in [0.15, 0.2) is 24.3 Å². The van der Waals surface area contributed by atoms with Crippen molar-refractivity contribution < 1.29 is 0 Å². The molecular formula is C10H16N2S. The Bertz CT molecular complexity index is 246. The Hall–Kier alpha value is -0.830. The van der Waals surface area contributed by atoms with Crippen LogP contribution in [0.25, 0.3) is 0 Å². The van der Waals surface area contributed by atoms with Crippen LogP contribution in [0, 0.1) is 0 Å². The molecule has 1 rings (SSSR count). The normalized spacial score (nSPS) is 10.0. The lowest BCUT2D eigenvalue weighted by Crippen LogP contribution is -2.24. The number of benzene rings is 1. The number of thiol groups is 1. The van der Waals surface area contributed by atoms with Crippen molar-refractivity contribution in [3.8, 4) is 0 Å². The molecule has 0 aromatic heterocycles. The van der Waals surface area contributed by atoms with E-state index in [9.17, 15) is 0 Å². The fraction of sp³-hybridized carbons (Fsp3) is 0.400. The van der Waals surface area contributed by atoms with Crippen molar-refractivity contribution in [3.05, 3.63) is 24.3 Å². The van der Waals surface area contributed by atoms with Crippen molar-refractivity contribution in [2.45, 2.75) is 6.92 Å². The summed E-state index contributed by atoms with van der Waals surface area (Å²) in [5, 5.41) is 0. The van der Waals surface area contributed by atoms with Crippen LogP contribution in [-0.4, -0.2) is 18.8 Å². The molecule has 0 amide bonds. The third-order valence-corrected chi connectivity index (χ3v) is 2.21. The lowest BCUT2D eigenvalue weighted by molar-refractivity contribution is 0.874. The van der Waals surface area contributed by atoms with E-state index in [-0.39, 0.29) is 0 Å². The molecule has 0 atom stereocenters. The van der Waals surface area contributed by atoms with Crippen LogP contribution in [-0.2, 0) is 0 Å². The summed E-state index contributed by atoms with van der Waals surface area (Å²) < 4.78 is 0. The standard InChI is InChI=1S/C10H16N2S/c1-2-12(7-8-13)10-5-3-9(11)4-6-10/h3-6,13H,2,7-8,11H2,1H3. The first-order chi connectivity index (χ1) is 6.27. The van der Waals surface area contributed by atoms with Crippen molar-refractivity contribution >= 4 is 24.0 Å². The summed E-state index contributed by atoms with van der Waals surface area (Å²) in [7, 11) is 0. The van der Waals surface area contributed by atoms with E-state index in [1.54, 1.807) is 0 Å². The monoisotopic (exact) mass is 196 g/mol. The Morgan fingerprint density at radius 3 is 2.38 bits per heavy atom. The van der Waals surface area contributed by atoms with E-state index >= 15 is 0 Å². The maximum Gasteiger partial charge on any atom is 0.0367 e. The summed E-state index contributed by atoms with van der Waals surface area (Å²) in [6, 6.07) is 7.94. The molecule has 72 valence electrons. The zero-order valence-electron chi connectivity index (χ0n) is 7.90. The molecule has 0 aliphatic rings. The van der Waals surface area contributed by atoms with Gasteiger partial charge in [0.1, 0.15) is 0 Å². The number of hydrogen-bond acceptors (Lipinski definition) is 3. The number of nitrogen functional groups attached to an aromatic ring is 1. The Balaban J connectivity index is 2.73. The highest BCUT2D eigenvalue weighted by atomic mass is 32.1. The molecule has 3 heteroatoms. The first-order valence-electron chi connectivity index (χ1n) is 4.49. The number of rotatable bonds is 4. The zero-order valence-corrected chi connectivity index (χ0v) is 8.80. The Morgan fingerprint density at radius 1 is 1.31 bits per heavy atom. The van der Waals surface area contributed by atoms with E-state index in [4.69, 9.17) is 5.73 Å². The minimum atomic E-state index is 0.811. The minimum Gasteiger partial charge on any atom is -0.399 e. The summed E-state index contributed by atoms with van der Waals surface area (Å²) in [5.74, 6) is 0.873. The van der Waals surface area contributed by atoms with Crippen LogP contribution < -0.4 is 10.6 Å². The summed E-state index contributed by atoms with van der Waals surface area (Å²) in [4.78, 5) is 2.27. The Kier molecular flexibility index (Phi) is 3.96. The van der Waals surface area contributed by atoms with Gasteiger partial charge >= 0.3 is 0 Å². The summed E-state index contributed by atoms with van der Waals surface area (Å²) in [6.07, 6.45) is 0. The number of hydrogen-bond donors (Lipinski definition) is 2.